The van der Waals surface area contributed by atoms with Crippen LogP contribution in [0.25, 0.3) is 22.7 Å². The Bertz CT molecular complexity index is 1380. The average Bonchev–Trinajstić information content (AvgIpc) is 3.47. The summed E-state index contributed by atoms with van der Waals surface area (Å²) in [5.74, 6) is 1.52. The quantitative estimate of drug-likeness (QED) is 0.295. The minimum atomic E-state index is 0.710. The van der Waals surface area contributed by atoms with Gasteiger partial charge in [-0.05, 0) is 55.2 Å². The van der Waals surface area contributed by atoms with Crippen molar-refractivity contribution in [3.05, 3.63) is 89.6 Å². The van der Waals surface area contributed by atoms with Crippen LogP contribution in [0.5, 0.6) is 0 Å². The molecule has 0 spiro atoms. The van der Waals surface area contributed by atoms with E-state index in [4.69, 9.17) is 4.98 Å². The van der Waals surface area contributed by atoms with Gasteiger partial charge in [0, 0.05) is 35.6 Å². The SMILES string of the molecule is CCc1cccc(CC)c1-n1c(SCc2cn3c(C)cccc3n2)nnc1-c1cccnc1. The van der Waals surface area contributed by atoms with E-state index in [0.29, 0.717) is 5.75 Å². The first-order chi connectivity index (χ1) is 16.2. The van der Waals surface area contributed by atoms with Crippen LogP contribution in [-0.2, 0) is 18.6 Å². The minimum Gasteiger partial charge on any atom is -0.304 e. The van der Waals surface area contributed by atoms with Gasteiger partial charge in [-0.1, -0.05) is 49.9 Å². The van der Waals surface area contributed by atoms with E-state index in [-0.39, 0.29) is 0 Å². The molecule has 5 rings (SSSR count). The van der Waals surface area contributed by atoms with Crippen LogP contribution in [0, 0.1) is 6.92 Å². The molecular weight excluding hydrogens is 428 g/mol. The highest BCUT2D eigenvalue weighted by Gasteiger charge is 2.21. The predicted octanol–water partition coefficient (Wildman–Crippen LogP) is 5.70. The van der Waals surface area contributed by atoms with Gasteiger partial charge in [0.25, 0.3) is 0 Å². The van der Waals surface area contributed by atoms with E-state index < -0.39 is 0 Å². The zero-order valence-electron chi connectivity index (χ0n) is 19.1. The highest BCUT2D eigenvalue weighted by molar-refractivity contribution is 7.98. The van der Waals surface area contributed by atoms with Crippen molar-refractivity contribution in [2.45, 2.75) is 44.5 Å². The molecule has 0 atom stereocenters. The molecule has 0 amide bonds. The number of fused-ring (bicyclic) bond motifs is 1. The summed E-state index contributed by atoms with van der Waals surface area (Å²) in [6.45, 7) is 6.48. The van der Waals surface area contributed by atoms with E-state index in [2.05, 4.69) is 75.4 Å². The predicted molar refractivity (Wildman–Crippen MR) is 133 cm³/mol. The number of pyridine rings is 2. The van der Waals surface area contributed by atoms with Crippen LogP contribution in [-0.4, -0.2) is 29.1 Å². The smallest absolute Gasteiger partial charge is 0.196 e. The molecule has 4 heterocycles. The second kappa shape index (κ2) is 9.19. The molecule has 0 radical (unpaired) electrons. The van der Waals surface area contributed by atoms with Crippen molar-refractivity contribution in [1.29, 1.82) is 0 Å². The Morgan fingerprint density at radius 2 is 1.70 bits per heavy atom. The maximum atomic E-state index is 4.80. The van der Waals surface area contributed by atoms with Crippen molar-refractivity contribution in [2.24, 2.45) is 0 Å². The molecule has 0 aliphatic rings. The van der Waals surface area contributed by atoms with Crippen LogP contribution in [0.1, 0.15) is 36.4 Å². The lowest BCUT2D eigenvalue weighted by Gasteiger charge is -2.17. The molecule has 0 fully saturated rings. The number of aryl methyl sites for hydroxylation is 3. The Morgan fingerprint density at radius 3 is 2.39 bits per heavy atom. The number of imidazole rings is 1. The van der Waals surface area contributed by atoms with Gasteiger partial charge in [0.15, 0.2) is 11.0 Å². The lowest BCUT2D eigenvalue weighted by Crippen LogP contribution is -2.07. The fourth-order valence-electron chi connectivity index (χ4n) is 4.16. The first kappa shape index (κ1) is 21.4. The highest BCUT2D eigenvalue weighted by atomic mass is 32.2. The van der Waals surface area contributed by atoms with Crippen LogP contribution < -0.4 is 0 Å². The Balaban J connectivity index is 1.60. The molecule has 0 unspecified atom stereocenters. The van der Waals surface area contributed by atoms with Crippen molar-refractivity contribution in [3.63, 3.8) is 0 Å². The number of aromatic nitrogens is 6. The summed E-state index contributed by atoms with van der Waals surface area (Å²) in [5, 5.41) is 10.1. The van der Waals surface area contributed by atoms with Crippen LogP contribution in [0.3, 0.4) is 0 Å². The van der Waals surface area contributed by atoms with E-state index >= 15 is 0 Å². The maximum absolute atomic E-state index is 4.80. The van der Waals surface area contributed by atoms with Crippen molar-refractivity contribution in [1.82, 2.24) is 29.1 Å². The summed E-state index contributed by atoms with van der Waals surface area (Å²) in [4.78, 5) is 9.11. The zero-order chi connectivity index (χ0) is 22.8. The van der Waals surface area contributed by atoms with Crippen LogP contribution in [0.4, 0.5) is 0 Å². The second-order valence-electron chi connectivity index (χ2n) is 7.93. The average molecular weight is 455 g/mol. The number of thioether (sulfide) groups is 1. The fourth-order valence-corrected chi connectivity index (χ4v) is 4.98. The Morgan fingerprint density at radius 1 is 0.909 bits per heavy atom. The van der Waals surface area contributed by atoms with Gasteiger partial charge in [-0.15, -0.1) is 10.2 Å². The number of rotatable bonds is 7. The maximum Gasteiger partial charge on any atom is 0.196 e. The summed E-state index contributed by atoms with van der Waals surface area (Å²) in [6.07, 6.45) is 7.61. The van der Waals surface area contributed by atoms with Gasteiger partial charge in [-0.2, -0.15) is 0 Å². The lowest BCUT2D eigenvalue weighted by atomic mass is 10.0. The van der Waals surface area contributed by atoms with Gasteiger partial charge in [-0.25, -0.2) is 4.98 Å². The number of hydrogen-bond donors (Lipinski definition) is 0. The molecule has 0 aliphatic heterocycles. The third kappa shape index (κ3) is 4.04. The fraction of sp³-hybridized carbons (Fsp3) is 0.231. The summed E-state index contributed by atoms with van der Waals surface area (Å²) < 4.78 is 4.34. The number of nitrogens with zero attached hydrogens (tertiary/aromatic N) is 6. The molecule has 0 saturated heterocycles. The van der Waals surface area contributed by atoms with Crippen LogP contribution >= 0.6 is 11.8 Å². The van der Waals surface area contributed by atoms with E-state index in [1.807, 2.05) is 30.5 Å². The van der Waals surface area contributed by atoms with Gasteiger partial charge in [0.05, 0.1) is 11.4 Å². The molecule has 166 valence electrons. The van der Waals surface area contributed by atoms with Crippen molar-refractivity contribution >= 4 is 17.4 Å². The number of hydrogen-bond acceptors (Lipinski definition) is 5. The van der Waals surface area contributed by atoms with Gasteiger partial charge in [0.1, 0.15) is 5.65 Å². The summed E-state index contributed by atoms with van der Waals surface area (Å²) in [6, 6.07) is 16.7. The molecular formula is C26H26N6S. The molecule has 4 aromatic heterocycles. The molecule has 1 aromatic carbocycles. The second-order valence-corrected chi connectivity index (χ2v) is 8.87. The Labute approximate surface area is 197 Å². The van der Waals surface area contributed by atoms with Gasteiger partial charge < -0.3 is 4.40 Å². The van der Waals surface area contributed by atoms with Crippen molar-refractivity contribution in [2.75, 3.05) is 0 Å². The summed E-state index contributed by atoms with van der Waals surface area (Å²) >= 11 is 1.66. The third-order valence-electron chi connectivity index (χ3n) is 5.84. The van der Waals surface area contributed by atoms with Crippen molar-refractivity contribution in [3.8, 4) is 17.1 Å². The molecule has 0 aliphatic carbocycles. The highest BCUT2D eigenvalue weighted by Crippen LogP contribution is 2.33. The van der Waals surface area contributed by atoms with E-state index in [1.165, 1.54) is 22.5 Å². The normalized spacial score (nSPS) is 11.4. The summed E-state index contributed by atoms with van der Waals surface area (Å²) in [7, 11) is 0. The third-order valence-corrected chi connectivity index (χ3v) is 6.80. The topological polar surface area (TPSA) is 60.9 Å². The molecule has 0 saturated carbocycles. The zero-order valence-corrected chi connectivity index (χ0v) is 19.9. The molecule has 0 bridgehead atoms. The lowest BCUT2D eigenvalue weighted by molar-refractivity contribution is 0.857. The largest absolute Gasteiger partial charge is 0.304 e. The van der Waals surface area contributed by atoms with Gasteiger partial charge in [0.2, 0.25) is 0 Å². The Kier molecular flexibility index (Phi) is 5.96. The monoisotopic (exact) mass is 454 g/mol. The molecule has 7 heteroatoms. The van der Waals surface area contributed by atoms with Gasteiger partial charge in [-0.3, -0.25) is 9.55 Å². The minimum absolute atomic E-state index is 0.710. The standard InChI is InChI=1S/C26H26N6S/c1-4-19-10-7-11-20(5-2)24(19)32-25(21-12-8-14-27-15-21)29-30-26(32)33-17-22-16-31-18(3)9-6-13-23(31)28-22/h6-16H,4-5,17H2,1-3H3. The Hall–Kier alpha value is -3.45. The number of benzene rings is 1. The van der Waals surface area contributed by atoms with E-state index in [1.54, 1.807) is 18.0 Å². The summed E-state index contributed by atoms with van der Waals surface area (Å²) in [5.41, 5.74) is 7.85. The first-order valence-electron chi connectivity index (χ1n) is 11.2. The molecule has 0 N–H and O–H groups in total. The van der Waals surface area contributed by atoms with Crippen LogP contribution in [0.2, 0.25) is 0 Å². The molecule has 6 nitrogen and oxygen atoms in total. The van der Waals surface area contributed by atoms with Crippen molar-refractivity contribution < 1.29 is 0 Å². The van der Waals surface area contributed by atoms with E-state index in [0.717, 1.165) is 40.7 Å². The number of para-hydroxylation sites is 1. The van der Waals surface area contributed by atoms with E-state index in [9.17, 15) is 0 Å². The molecule has 33 heavy (non-hydrogen) atoms. The first-order valence-corrected chi connectivity index (χ1v) is 12.2. The van der Waals surface area contributed by atoms with Crippen LogP contribution in [0.15, 0.2) is 72.3 Å². The molecule has 5 aromatic rings. The van der Waals surface area contributed by atoms with Gasteiger partial charge >= 0.3 is 0 Å².